The van der Waals surface area contributed by atoms with Gasteiger partial charge < -0.3 is 11.1 Å². The summed E-state index contributed by atoms with van der Waals surface area (Å²) in [5.74, 6) is 0.395. The minimum absolute atomic E-state index is 0.118. The summed E-state index contributed by atoms with van der Waals surface area (Å²) in [6.45, 7) is 4.94. The van der Waals surface area contributed by atoms with E-state index in [9.17, 15) is 4.79 Å². The van der Waals surface area contributed by atoms with Crippen LogP contribution in [0.15, 0.2) is 12.3 Å². The third-order valence-electron chi connectivity index (χ3n) is 3.33. The average molecular weight is 278 g/mol. The van der Waals surface area contributed by atoms with E-state index in [2.05, 4.69) is 29.4 Å². The van der Waals surface area contributed by atoms with Gasteiger partial charge in [-0.3, -0.25) is 4.79 Å². The highest BCUT2D eigenvalue weighted by atomic mass is 32.1. The summed E-state index contributed by atoms with van der Waals surface area (Å²) in [6.07, 6.45) is 3.70. The Hall–Kier alpha value is -1.69. The van der Waals surface area contributed by atoms with Gasteiger partial charge in [0.15, 0.2) is 0 Å². The van der Waals surface area contributed by atoms with Crippen molar-refractivity contribution in [3.8, 4) is 0 Å². The second kappa shape index (κ2) is 5.97. The van der Waals surface area contributed by atoms with Gasteiger partial charge in [0.25, 0.3) is 5.91 Å². The van der Waals surface area contributed by atoms with Gasteiger partial charge in [-0.15, -0.1) is 16.4 Å². The monoisotopic (exact) mass is 278 g/mol. The number of carbonyl (C=O) groups excluding carboxylic acids is 1. The number of rotatable bonds is 5. The van der Waals surface area contributed by atoms with Crippen molar-refractivity contribution in [2.75, 3.05) is 12.3 Å². The summed E-state index contributed by atoms with van der Waals surface area (Å²) in [4.78, 5) is 13.4. The zero-order chi connectivity index (χ0) is 13.8. The first kappa shape index (κ1) is 13.7. The Labute approximate surface area is 116 Å². The average Bonchev–Trinajstić information content (AvgIpc) is 2.78. The molecule has 0 aromatic carbocycles. The Kier molecular flexibility index (Phi) is 4.31. The van der Waals surface area contributed by atoms with Crippen LogP contribution in [0.25, 0.3) is 10.2 Å². The lowest BCUT2D eigenvalue weighted by Gasteiger charge is -2.12. The lowest BCUT2D eigenvalue weighted by molar-refractivity contribution is 0.0951. The van der Waals surface area contributed by atoms with E-state index in [1.807, 2.05) is 0 Å². The molecule has 0 saturated heterocycles. The summed E-state index contributed by atoms with van der Waals surface area (Å²) in [5, 5.41) is 11.5. The molecule has 0 fully saturated rings. The predicted octanol–water partition coefficient (Wildman–Crippen LogP) is 2.44. The maximum absolute atomic E-state index is 12.1. The molecule has 0 aliphatic rings. The van der Waals surface area contributed by atoms with Crippen molar-refractivity contribution in [1.82, 2.24) is 15.5 Å². The molecule has 2 heterocycles. The molecule has 6 heteroatoms. The van der Waals surface area contributed by atoms with Crippen LogP contribution >= 0.6 is 11.3 Å². The van der Waals surface area contributed by atoms with Gasteiger partial charge in [-0.05, 0) is 12.0 Å². The van der Waals surface area contributed by atoms with Gasteiger partial charge in [-0.1, -0.05) is 26.7 Å². The molecule has 19 heavy (non-hydrogen) atoms. The fraction of sp³-hybridized carbons (Fsp3) is 0.462. The van der Waals surface area contributed by atoms with E-state index in [0.29, 0.717) is 27.9 Å². The van der Waals surface area contributed by atoms with Crippen molar-refractivity contribution in [2.24, 2.45) is 5.92 Å². The molecule has 0 spiro atoms. The van der Waals surface area contributed by atoms with Crippen LogP contribution in [0.1, 0.15) is 36.4 Å². The number of amides is 1. The van der Waals surface area contributed by atoms with Gasteiger partial charge in [-0.25, -0.2) is 0 Å². The number of nitrogens with two attached hydrogens (primary N) is 1. The van der Waals surface area contributed by atoms with Gasteiger partial charge in [0.05, 0.1) is 11.9 Å². The molecular weight excluding hydrogens is 260 g/mol. The topological polar surface area (TPSA) is 80.9 Å². The van der Waals surface area contributed by atoms with Crippen LogP contribution in [0.5, 0.6) is 0 Å². The van der Waals surface area contributed by atoms with Crippen LogP contribution in [0.3, 0.4) is 0 Å². The van der Waals surface area contributed by atoms with E-state index in [1.165, 1.54) is 11.3 Å². The summed E-state index contributed by atoms with van der Waals surface area (Å²) >= 11 is 1.29. The lowest BCUT2D eigenvalue weighted by Crippen LogP contribution is -2.28. The Balaban J connectivity index is 2.15. The first-order valence-corrected chi connectivity index (χ1v) is 7.26. The number of carbonyl (C=O) groups is 1. The normalized spacial score (nSPS) is 11.1. The van der Waals surface area contributed by atoms with E-state index in [1.54, 1.807) is 12.3 Å². The van der Waals surface area contributed by atoms with Crippen molar-refractivity contribution < 1.29 is 4.79 Å². The third-order valence-corrected chi connectivity index (χ3v) is 4.44. The zero-order valence-electron chi connectivity index (χ0n) is 11.1. The number of thiophene rings is 1. The van der Waals surface area contributed by atoms with E-state index in [4.69, 9.17) is 5.73 Å². The molecule has 1 amide bonds. The quantitative estimate of drug-likeness (QED) is 0.880. The van der Waals surface area contributed by atoms with E-state index >= 15 is 0 Å². The molecule has 0 aliphatic heterocycles. The number of anilines is 1. The number of aromatic nitrogens is 2. The predicted molar refractivity (Wildman–Crippen MR) is 78.2 cm³/mol. The fourth-order valence-corrected chi connectivity index (χ4v) is 2.89. The number of hydrogen-bond donors (Lipinski definition) is 2. The summed E-state index contributed by atoms with van der Waals surface area (Å²) < 4.78 is 0. The molecule has 102 valence electrons. The Bertz CT molecular complexity index is 577. The van der Waals surface area contributed by atoms with Crippen molar-refractivity contribution in [3.63, 3.8) is 0 Å². The van der Waals surface area contributed by atoms with Crippen molar-refractivity contribution >= 4 is 33.1 Å². The summed E-state index contributed by atoms with van der Waals surface area (Å²) in [6, 6.07) is 1.78. The molecule has 5 nitrogen and oxygen atoms in total. The summed E-state index contributed by atoms with van der Waals surface area (Å²) in [7, 11) is 0. The van der Waals surface area contributed by atoms with Crippen LogP contribution < -0.4 is 11.1 Å². The van der Waals surface area contributed by atoms with Gasteiger partial charge >= 0.3 is 0 Å². The molecule has 0 saturated carbocycles. The second-order valence-electron chi connectivity index (χ2n) is 4.49. The lowest BCUT2D eigenvalue weighted by atomic mass is 10.0. The number of nitrogens with zero attached hydrogens (tertiary/aromatic N) is 2. The minimum Gasteiger partial charge on any atom is -0.397 e. The van der Waals surface area contributed by atoms with Gasteiger partial charge in [0, 0.05) is 11.9 Å². The third kappa shape index (κ3) is 2.84. The van der Waals surface area contributed by atoms with Gasteiger partial charge in [0.1, 0.15) is 9.71 Å². The molecule has 0 atom stereocenters. The van der Waals surface area contributed by atoms with Gasteiger partial charge in [0.2, 0.25) is 0 Å². The number of nitrogen functional groups attached to an aromatic ring is 1. The van der Waals surface area contributed by atoms with Crippen LogP contribution in [-0.4, -0.2) is 22.6 Å². The minimum atomic E-state index is -0.118. The molecule has 0 radical (unpaired) electrons. The van der Waals surface area contributed by atoms with Crippen LogP contribution in [-0.2, 0) is 0 Å². The second-order valence-corrected chi connectivity index (χ2v) is 5.49. The standard InChI is InChI=1S/C13H18N4OS/c1-3-8(4-2)7-15-12(18)11-10(14)9-5-6-16-17-13(9)19-11/h5-6,8H,3-4,7,14H2,1-2H3,(H,15,18). The molecule has 0 bridgehead atoms. The van der Waals surface area contributed by atoms with E-state index in [0.717, 1.165) is 18.2 Å². The van der Waals surface area contributed by atoms with Crippen LogP contribution in [0.2, 0.25) is 0 Å². The first-order chi connectivity index (χ1) is 9.17. The van der Waals surface area contributed by atoms with Crippen molar-refractivity contribution in [1.29, 1.82) is 0 Å². The Morgan fingerprint density at radius 3 is 2.84 bits per heavy atom. The largest absolute Gasteiger partial charge is 0.397 e. The van der Waals surface area contributed by atoms with Crippen molar-refractivity contribution in [3.05, 3.63) is 17.1 Å². The molecule has 0 unspecified atom stereocenters. The maximum Gasteiger partial charge on any atom is 0.263 e. The number of nitrogens with one attached hydrogen (secondary N) is 1. The van der Waals surface area contributed by atoms with Crippen LogP contribution in [0.4, 0.5) is 5.69 Å². The van der Waals surface area contributed by atoms with Crippen molar-refractivity contribution in [2.45, 2.75) is 26.7 Å². The summed E-state index contributed by atoms with van der Waals surface area (Å²) in [5.41, 5.74) is 6.49. The molecule has 0 aliphatic carbocycles. The maximum atomic E-state index is 12.1. The highest BCUT2D eigenvalue weighted by molar-refractivity contribution is 7.21. The fourth-order valence-electron chi connectivity index (χ4n) is 1.94. The smallest absolute Gasteiger partial charge is 0.263 e. The van der Waals surface area contributed by atoms with Gasteiger partial charge in [-0.2, -0.15) is 5.10 Å². The molecular formula is C13H18N4OS. The molecule has 2 rings (SSSR count). The SMILES string of the molecule is CCC(CC)CNC(=O)c1sc2nnccc2c1N. The number of fused-ring (bicyclic) bond motifs is 1. The molecule has 2 aromatic rings. The zero-order valence-corrected chi connectivity index (χ0v) is 12.0. The Morgan fingerprint density at radius 1 is 1.47 bits per heavy atom. The molecule has 2 aromatic heterocycles. The number of hydrogen-bond acceptors (Lipinski definition) is 5. The Morgan fingerprint density at radius 2 is 2.21 bits per heavy atom. The van der Waals surface area contributed by atoms with Crippen LogP contribution in [0, 0.1) is 5.92 Å². The van der Waals surface area contributed by atoms with E-state index < -0.39 is 0 Å². The highest BCUT2D eigenvalue weighted by Gasteiger charge is 2.17. The highest BCUT2D eigenvalue weighted by Crippen LogP contribution is 2.31. The first-order valence-electron chi connectivity index (χ1n) is 6.45. The molecule has 3 N–H and O–H groups in total. The van der Waals surface area contributed by atoms with E-state index in [-0.39, 0.29) is 5.91 Å².